The van der Waals surface area contributed by atoms with Crippen LogP contribution < -0.4 is 21.3 Å². The van der Waals surface area contributed by atoms with Gasteiger partial charge in [-0.3, -0.25) is 4.90 Å². The van der Waals surface area contributed by atoms with Gasteiger partial charge in [0.05, 0.1) is 6.10 Å². The van der Waals surface area contributed by atoms with E-state index in [1.165, 1.54) is 25.7 Å². The van der Waals surface area contributed by atoms with Crippen LogP contribution >= 0.6 is 0 Å². The average molecular weight is 1050 g/mol. The van der Waals surface area contributed by atoms with Crippen LogP contribution in [0.3, 0.4) is 0 Å². The van der Waals surface area contributed by atoms with Gasteiger partial charge in [-0.05, 0) is 150 Å². The maximum atomic E-state index is 12.2. The molecular weight excluding hydrogens is 915 g/mol. The van der Waals surface area contributed by atoms with Crippen LogP contribution in [0, 0.1) is 41.4 Å². The molecule has 74 heavy (non-hydrogen) atoms. The van der Waals surface area contributed by atoms with Gasteiger partial charge in [-0.1, -0.05) is 109 Å². The van der Waals surface area contributed by atoms with Gasteiger partial charge < -0.3 is 55.8 Å². The Morgan fingerprint density at radius 3 is 1.46 bits per heavy atom. The van der Waals surface area contributed by atoms with Gasteiger partial charge >= 0.3 is 0 Å². The number of aliphatic hydroxyl groups excluding tert-OH is 1. The van der Waals surface area contributed by atoms with Gasteiger partial charge in [0.15, 0.2) is 0 Å². The minimum atomic E-state index is -0.450. The number of nitrogens with zero attached hydrogens (tertiary/aromatic N) is 7. The molecular formula is C62H133N11O. The number of aliphatic hydroxyl groups is 1. The van der Waals surface area contributed by atoms with Gasteiger partial charge in [0.1, 0.15) is 0 Å². The Balaban J connectivity index is 3.72. The Kier molecular flexibility index (Phi) is 36.6. The summed E-state index contributed by atoms with van der Waals surface area (Å²) in [4.78, 5) is 18.4. The molecule has 1 rings (SSSR count). The highest BCUT2D eigenvalue weighted by Gasteiger charge is 2.34. The monoisotopic (exact) mass is 1050 g/mol. The van der Waals surface area contributed by atoms with E-state index in [1.54, 1.807) is 0 Å². The predicted octanol–water partition coefficient (Wildman–Crippen LogP) is 8.48. The van der Waals surface area contributed by atoms with Gasteiger partial charge in [-0.15, -0.1) is 0 Å². The van der Waals surface area contributed by atoms with E-state index in [9.17, 15) is 5.11 Å². The van der Waals surface area contributed by atoms with Crippen LogP contribution in [0.15, 0.2) is 12.2 Å². The number of hydrogen-bond acceptors (Lipinski definition) is 12. The second-order valence-corrected chi connectivity index (χ2v) is 27.1. The lowest BCUT2D eigenvalue weighted by molar-refractivity contribution is 0.00663. The molecule has 12 heteroatoms. The molecule has 0 aliphatic carbocycles. The van der Waals surface area contributed by atoms with E-state index in [0.717, 1.165) is 91.4 Å². The summed E-state index contributed by atoms with van der Waals surface area (Å²) in [5.74, 6) is 3.64. The summed E-state index contributed by atoms with van der Waals surface area (Å²) in [5, 5.41) is 28.4. The molecule has 1 aliphatic rings. The zero-order valence-electron chi connectivity index (χ0n) is 53.9. The molecule has 0 aromatic heterocycles. The van der Waals surface area contributed by atoms with Crippen molar-refractivity contribution in [2.45, 2.75) is 223 Å². The quantitative estimate of drug-likeness (QED) is 0.102. The Labute approximate surface area is 463 Å². The van der Waals surface area contributed by atoms with Crippen LogP contribution in [0.4, 0.5) is 0 Å². The summed E-state index contributed by atoms with van der Waals surface area (Å²) in [6.45, 7) is 51.9. The van der Waals surface area contributed by atoms with Crippen molar-refractivity contribution in [3.63, 3.8) is 0 Å². The predicted molar refractivity (Wildman–Crippen MR) is 327 cm³/mol. The van der Waals surface area contributed by atoms with Crippen LogP contribution in [-0.4, -0.2) is 234 Å². The van der Waals surface area contributed by atoms with Gasteiger partial charge in [-0.25, -0.2) is 0 Å². The lowest BCUT2D eigenvalue weighted by Gasteiger charge is -2.43. The van der Waals surface area contributed by atoms with Crippen molar-refractivity contribution in [3.05, 3.63) is 12.2 Å². The molecule has 0 aromatic rings. The maximum absolute atomic E-state index is 12.2. The summed E-state index contributed by atoms with van der Waals surface area (Å²) >= 11 is 0. The summed E-state index contributed by atoms with van der Waals surface area (Å²) in [6, 6.07) is 3.69. The molecule has 12 atom stereocenters. The molecule has 0 bridgehead atoms. The van der Waals surface area contributed by atoms with Crippen molar-refractivity contribution in [1.82, 2.24) is 55.6 Å². The van der Waals surface area contributed by atoms with E-state index in [1.807, 2.05) is 0 Å². The van der Waals surface area contributed by atoms with E-state index in [0.29, 0.717) is 89.9 Å². The van der Waals surface area contributed by atoms with Crippen LogP contribution in [0.5, 0.6) is 0 Å². The van der Waals surface area contributed by atoms with E-state index in [4.69, 9.17) is 0 Å². The van der Waals surface area contributed by atoms with Crippen molar-refractivity contribution in [3.8, 4) is 0 Å². The third-order valence-corrected chi connectivity index (χ3v) is 17.0. The number of allylic oxidation sites excluding steroid dienone is 2. The first-order valence-electron chi connectivity index (χ1n) is 30.7. The molecule has 1 heterocycles. The second kappa shape index (κ2) is 38.0. The van der Waals surface area contributed by atoms with Crippen LogP contribution in [0.25, 0.3) is 0 Å². The van der Waals surface area contributed by atoms with Gasteiger partial charge in [0, 0.05) is 139 Å². The summed E-state index contributed by atoms with van der Waals surface area (Å²) in [5.41, 5.74) is 0. The fraction of sp³-hybridized carbons (Fsp3) is 0.968. The van der Waals surface area contributed by atoms with E-state index in [2.05, 4.69) is 235 Å². The third kappa shape index (κ3) is 28.9. The highest BCUT2D eigenvalue weighted by atomic mass is 16.3. The Hall–Kier alpha value is -0.740. The SMILES string of the molecule is C/C=C/C[C@@H](C)[C@@H](O)[C@@H]1CN[C@@H](CC)CN(C)CCN(C)[C@@H](CC(C)C)CN[C@@H](C(C)C)CN(C)[C@@H](CC(C)C)CN[C@@H](C)CN[C@H](C)CN(C)[C@@H](CC(C)C)CN(C)[C@@H](CC(C)C)CN(C)[C@@H](C(C)C)CN1C. The normalized spacial score (nSPS) is 31.0. The molecule has 12 nitrogen and oxygen atoms in total. The molecule has 1 aliphatic heterocycles. The lowest BCUT2D eigenvalue weighted by atomic mass is 9.92. The number of likely N-dealkylation sites (N-methyl/N-ethyl adjacent to an activating group) is 7. The number of hydrogen-bond donors (Lipinski definition) is 5. The molecule has 0 amide bonds. The van der Waals surface area contributed by atoms with Gasteiger partial charge in [-0.2, -0.15) is 0 Å². The molecule has 1 saturated heterocycles. The van der Waals surface area contributed by atoms with E-state index < -0.39 is 6.10 Å². The molecule has 5 N–H and O–H groups in total. The first kappa shape index (κ1) is 71.3. The standard InChI is InChI=1S/C62H133N11O/c1-25-27-28-51(15)62(74)60-38-65-54(26-2)40-67(18)29-30-68(19)55(31-45(3)4)37-66-59(49(11)12)43-71(22)56(32-46(5)6)36-64-52(16)35-63-53(17)39-69(20)57(33-47(7)8)41-70(21)58(34-48(9)10)42-72(23)61(50(13)14)44-73(60)24/h25,27,45-66,74H,26,28-44H2,1-24H3/b27-25+/t51-,52+,53-,54+,55+,56+,57+,58+,59-,60+,61-,62-/m1/s1. The van der Waals surface area contributed by atoms with Crippen molar-refractivity contribution in [1.29, 1.82) is 0 Å². The molecule has 0 aromatic carbocycles. The fourth-order valence-corrected chi connectivity index (χ4v) is 11.7. The Morgan fingerprint density at radius 1 is 0.473 bits per heavy atom. The minimum Gasteiger partial charge on any atom is -0.391 e. The zero-order chi connectivity index (χ0) is 56.4. The molecule has 1 fully saturated rings. The van der Waals surface area contributed by atoms with Crippen molar-refractivity contribution < 1.29 is 5.11 Å². The van der Waals surface area contributed by atoms with Crippen LogP contribution in [-0.2, 0) is 0 Å². The van der Waals surface area contributed by atoms with Crippen molar-refractivity contribution in [2.75, 3.05) is 128 Å². The molecule has 442 valence electrons. The minimum absolute atomic E-state index is 0.00793. The first-order chi connectivity index (χ1) is 34.6. The molecule has 0 spiro atoms. The van der Waals surface area contributed by atoms with Crippen molar-refractivity contribution in [2.24, 2.45) is 41.4 Å². The lowest BCUT2D eigenvalue weighted by Crippen LogP contribution is -2.57. The topological polar surface area (TPSA) is 91.0 Å². The average Bonchev–Trinajstić information content (AvgIpc) is 3.30. The number of rotatable bonds is 15. The molecule has 0 unspecified atom stereocenters. The Morgan fingerprint density at radius 2 is 0.946 bits per heavy atom. The Bertz CT molecular complexity index is 1400. The third-order valence-electron chi connectivity index (χ3n) is 17.0. The molecule has 0 radical (unpaired) electrons. The van der Waals surface area contributed by atoms with E-state index >= 15 is 0 Å². The number of nitrogens with one attached hydrogen (secondary N) is 4. The fourth-order valence-electron chi connectivity index (χ4n) is 11.7. The maximum Gasteiger partial charge on any atom is 0.0736 e. The first-order valence-corrected chi connectivity index (χ1v) is 30.7. The molecule has 0 saturated carbocycles. The smallest absolute Gasteiger partial charge is 0.0736 e. The van der Waals surface area contributed by atoms with Crippen molar-refractivity contribution >= 4 is 0 Å². The largest absolute Gasteiger partial charge is 0.391 e. The summed E-state index contributed by atoms with van der Waals surface area (Å²) < 4.78 is 0. The second-order valence-electron chi connectivity index (χ2n) is 27.1. The van der Waals surface area contributed by atoms with Gasteiger partial charge in [0.25, 0.3) is 0 Å². The van der Waals surface area contributed by atoms with Crippen LogP contribution in [0.2, 0.25) is 0 Å². The highest BCUT2D eigenvalue weighted by Crippen LogP contribution is 2.23. The van der Waals surface area contributed by atoms with E-state index in [-0.39, 0.29) is 12.0 Å². The van der Waals surface area contributed by atoms with Crippen LogP contribution in [0.1, 0.15) is 156 Å². The van der Waals surface area contributed by atoms with Gasteiger partial charge in [0.2, 0.25) is 0 Å². The highest BCUT2D eigenvalue weighted by molar-refractivity contribution is 4.92. The summed E-state index contributed by atoms with van der Waals surface area (Å²) in [7, 11) is 16.5. The zero-order valence-corrected chi connectivity index (χ0v) is 53.9. The summed E-state index contributed by atoms with van der Waals surface area (Å²) in [6.07, 6.45) is 10.5.